The van der Waals surface area contributed by atoms with E-state index < -0.39 is 0 Å². The second-order valence-corrected chi connectivity index (χ2v) is 5.10. The van der Waals surface area contributed by atoms with Gasteiger partial charge in [-0.2, -0.15) is 0 Å². The van der Waals surface area contributed by atoms with Gasteiger partial charge in [-0.25, -0.2) is 0 Å². The van der Waals surface area contributed by atoms with Crippen molar-refractivity contribution in [1.29, 1.82) is 0 Å². The Kier molecular flexibility index (Phi) is 7.50. The Balaban J connectivity index is 2.73. The number of rotatable bonds is 8. The lowest BCUT2D eigenvalue weighted by Crippen LogP contribution is -2.40. The molecule has 0 saturated carbocycles. The Bertz CT molecular complexity index is 482. The molecule has 0 fully saturated rings. The number of nitrogens with zero attached hydrogens (tertiary/aromatic N) is 2. The molecule has 1 amide bonds. The van der Waals surface area contributed by atoms with Gasteiger partial charge in [0.25, 0.3) is 5.56 Å². The third kappa shape index (κ3) is 5.44. The first-order chi connectivity index (χ1) is 9.58. The number of ether oxygens (including phenoxy) is 2. The third-order valence-corrected chi connectivity index (χ3v) is 3.21. The van der Waals surface area contributed by atoms with Crippen LogP contribution < -0.4 is 5.56 Å². The molecule has 0 aliphatic heterocycles. The van der Waals surface area contributed by atoms with E-state index in [2.05, 4.69) is 15.9 Å². The van der Waals surface area contributed by atoms with Gasteiger partial charge in [0.1, 0.15) is 6.54 Å². The Hall–Kier alpha value is -1.18. The second-order valence-electron chi connectivity index (χ2n) is 4.18. The Morgan fingerprint density at radius 3 is 2.40 bits per heavy atom. The van der Waals surface area contributed by atoms with Gasteiger partial charge in [-0.15, -0.1) is 0 Å². The molecule has 0 saturated heterocycles. The fourth-order valence-corrected chi connectivity index (χ4v) is 2.01. The zero-order valence-electron chi connectivity index (χ0n) is 11.7. The first-order valence-corrected chi connectivity index (χ1v) is 6.99. The summed E-state index contributed by atoms with van der Waals surface area (Å²) in [5, 5.41) is 0. The molecule has 6 nitrogen and oxygen atoms in total. The van der Waals surface area contributed by atoms with Crippen molar-refractivity contribution in [2.45, 2.75) is 6.54 Å². The summed E-state index contributed by atoms with van der Waals surface area (Å²) >= 11 is 3.28. The molecule has 0 aliphatic rings. The molecule has 1 aromatic rings. The number of pyridine rings is 1. The minimum atomic E-state index is -0.208. The Morgan fingerprint density at radius 1 is 1.25 bits per heavy atom. The van der Waals surface area contributed by atoms with Crippen LogP contribution in [0.15, 0.2) is 27.6 Å². The fourth-order valence-electron chi connectivity index (χ4n) is 1.64. The summed E-state index contributed by atoms with van der Waals surface area (Å²) in [7, 11) is 3.16. The minimum Gasteiger partial charge on any atom is -0.383 e. The quantitative estimate of drug-likeness (QED) is 0.696. The van der Waals surface area contributed by atoms with Crippen molar-refractivity contribution in [1.82, 2.24) is 9.47 Å². The summed E-state index contributed by atoms with van der Waals surface area (Å²) in [5.74, 6) is -0.140. The highest BCUT2D eigenvalue weighted by molar-refractivity contribution is 9.10. The van der Waals surface area contributed by atoms with Gasteiger partial charge in [-0.3, -0.25) is 9.59 Å². The standard InChI is InChI=1S/C13H19BrN2O4/c1-19-7-5-15(6-8-20-2)13(18)10-16-9-11(14)3-4-12(16)17/h3-4,9H,5-8,10H2,1-2H3. The third-order valence-electron chi connectivity index (χ3n) is 2.74. The topological polar surface area (TPSA) is 60.8 Å². The summed E-state index contributed by atoms with van der Waals surface area (Å²) < 4.78 is 12.1. The maximum Gasteiger partial charge on any atom is 0.251 e. The number of hydrogen-bond donors (Lipinski definition) is 0. The molecular formula is C13H19BrN2O4. The van der Waals surface area contributed by atoms with Gasteiger partial charge in [-0.05, 0) is 22.0 Å². The van der Waals surface area contributed by atoms with Crippen molar-refractivity contribution in [3.63, 3.8) is 0 Å². The SMILES string of the molecule is COCCN(CCOC)C(=O)Cn1cc(Br)ccc1=O. The Labute approximate surface area is 126 Å². The first-order valence-electron chi connectivity index (χ1n) is 6.20. The number of amides is 1. The zero-order chi connectivity index (χ0) is 15.0. The molecule has 0 bridgehead atoms. The lowest BCUT2D eigenvalue weighted by Gasteiger charge is -2.22. The van der Waals surface area contributed by atoms with E-state index in [-0.39, 0.29) is 18.0 Å². The van der Waals surface area contributed by atoms with Crippen LogP contribution in [0.4, 0.5) is 0 Å². The molecule has 1 heterocycles. The van der Waals surface area contributed by atoms with Crippen LogP contribution in [-0.2, 0) is 20.8 Å². The molecule has 20 heavy (non-hydrogen) atoms. The van der Waals surface area contributed by atoms with Crippen LogP contribution in [-0.4, -0.2) is 55.9 Å². The van der Waals surface area contributed by atoms with Crippen LogP contribution in [0.25, 0.3) is 0 Å². The molecule has 0 N–H and O–H groups in total. The molecule has 1 aromatic heterocycles. The number of halogens is 1. The van der Waals surface area contributed by atoms with Crippen LogP contribution in [0.3, 0.4) is 0 Å². The van der Waals surface area contributed by atoms with Crippen molar-refractivity contribution in [3.8, 4) is 0 Å². The molecular weight excluding hydrogens is 328 g/mol. The van der Waals surface area contributed by atoms with Crippen molar-refractivity contribution in [2.75, 3.05) is 40.5 Å². The van der Waals surface area contributed by atoms with E-state index in [4.69, 9.17) is 9.47 Å². The largest absolute Gasteiger partial charge is 0.383 e. The van der Waals surface area contributed by atoms with E-state index in [9.17, 15) is 9.59 Å². The summed E-state index contributed by atoms with van der Waals surface area (Å²) in [5.41, 5.74) is -0.208. The minimum absolute atomic E-state index is 0.00566. The van der Waals surface area contributed by atoms with Crippen molar-refractivity contribution < 1.29 is 14.3 Å². The highest BCUT2D eigenvalue weighted by atomic mass is 79.9. The normalized spacial score (nSPS) is 10.6. The summed E-state index contributed by atoms with van der Waals surface area (Å²) in [4.78, 5) is 25.5. The lowest BCUT2D eigenvalue weighted by atomic mass is 10.4. The van der Waals surface area contributed by atoms with Crippen molar-refractivity contribution in [2.24, 2.45) is 0 Å². The summed E-state index contributed by atoms with van der Waals surface area (Å²) in [6, 6.07) is 3.07. The predicted octanol–water partition coefficient (Wildman–Crippen LogP) is 0.732. The Morgan fingerprint density at radius 2 is 1.85 bits per heavy atom. The van der Waals surface area contributed by atoms with Gasteiger partial charge in [0.2, 0.25) is 5.91 Å². The molecule has 0 unspecified atom stereocenters. The van der Waals surface area contributed by atoms with Crippen LogP contribution in [0, 0.1) is 0 Å². The molecule has 7 heteroatoms. The van der Waals surface area contributed by atoms with Crippen LogP contribution >= 0.6 is 15.9 Å². The van der Waals surface area contributed by atoms with Gasteiger partial charge < -0.3 is 18.9 Å². The van der Waals surface area contributed by atoms with Crippen LogP contribution in [0.5, 0.6) is 0 Å². The maximum atomic E-state index is 12.2. The highest BCUT2D eigenvalue weighted by Crippen LogP contribution is 2.05. The van der Waals surface area contributed by atoms with E-state index in [0.29, 0.717) is 26.3 Å². The van der Waals surface area contributed by atoms with Gasteiger partial charge in [0, 0.05) is 44.0 Å². The average molecular weight is 347 g/mol. The molecule has 1 rings (SSSR count). The van der Waals surface area contributed by atoms with Gasteiger partial charge in [0.15, 0.2) is 0 Å². The lowest BCUT2D eigenvalue weighted by molar-refractivity contribution is -0.133. The smallest absolute Gasteiger partial charge is 0.251 e. The van der Waals surface area contributed by atoms with Gasteiger partial charge >= 0.3 is 0 Å². The number of carbonyl (C=O) groups is 1. The fraction of sp³-hybridized carbons (Fsp3) is 0.538. The van der Waals surface area contributed by atoms with Gasteiger partial charge in [0.05, 0.1) is 13.2 Å². The van der Waals surface area contributed by atoms with Crippen molar-refractivity contribution >= 4 is 21.8 Å². The molecule has 0 aliphatic carbocycles. The number of hydrogen-bond acceptors (Lipinski definition) is 4. The number of carbonyl (C=O) groups excluding carboxylic acids is 1. The average Bonchev–Trinajstić information content (AvgIpc) is 2.43. The predicted molar refractivity (Wildman–Crippen MR) is 78.7 cm³/mol. The van der Waals surface area contributed by atoms with E-state index in [1.54, 1.807) is 31.4 Å². The number of aromatic nitrogens is 1. The first kappa shape index (κ1) is 16.9. The van der Waals surface area contributed by atoms with Gasteiger partial charge in [-0.1, -0.05) is 0 Å². The molecule has 0 spiro atoms. The monoisotopic (exact) mass is 346 g/mol. The molecule has 0 radical (unpaired) electrons. The molecule has 0 atom stereocenters. The number of methoxy groups -OCH3 is 2. The van der Waals surface area contributed by atoms with E-state index in [1.807, 2.05) is 0 Å². The molecule has 0 aromatic carbocycles. The van der Waals surface area contributed by atoms with Crippen LogP contribution in [0.1, 0.15) is 0 Å². The van der Waals surface area contributed by atoms with E-state index in [1.165, 1.54) is 10.6 Å². The van der Waals surface area contributed by atoms with E-state index in [0.717, 1.165) is 4.47 Å². The summed E-state index contributed by atoms with van der Waals surface area (Å²) in [6.07, 6.45) is 1.60. The zero-order valence-corrected chi connectivity index (χ0v) is 13.3. The van der Waals surface area contributed by atoms with E-state index >= 15 is 0 Å². The maximum absolute atomic E-state index is 12.2. The molecule has 112 valence electrons. The van der Waals surface area contributed by atoms with Crippen LogP contribution in [0.2, 0.25) is 0 Å². The highest BCUT2D eigenvalue weighted by Gasteiger charge is 2.14. The van der Waals surface area contributed by atoms with Crippen molar-refractivity contribution in [3.05, 3.63) is 33.2 Å². The second kappa shape index (κ2) is 8.89. The summed E-state index contributed by atoms with van der Waals surface area (Å²) in [6.45, 7) is 1.85.